The maximum atomic E-state index is 12.9. The van der Waals surface area contributed by atoms with Gasteiger partial charge in [-0.2, -0.15) is 0 Å². The zero-order valence-electron chi connectivity index (χ0n) is 17.3. The second-order valence-electron chi connectivity index (χ2n) is 7.84. The SMILES string of the molecule is CN(c1nc2ccc(O)cc2s1)C1CCN(CCCCOc2ccc(F)cc2)CC1. The van der Waals surface area contributed by atoms with Crippen molar-refractivity contribution in [3.8, 4) is 11.5 Å². The second-order valence-corrected chi connectivity index (χ2v) is 8.85. The molecule has 0 amide bonds. The molecule has 2 heterocycles. The molecule has 160 valence electrons. The van der Waals surface area contributed by atoms with Gasteiger partial charge >= 0.3 is 0 Å². The Labute approximate surface area is 180 Å². The van der Waals surface area contributed by atoms with Crippen molar-refractivity contribution in [2.24, 2.45) is 0 Å². The molecule has 1 aliphatic rings. The molecule has 4 rings (SSSR count). The molecule has 2 aromatic carbocycles. The van der Waals surface area contributed by atoms with Crippen molar-refractivity contribution in [1.29, 1.82) is 0 Å². The molecule has 5 nitrogen and oxygen atoms in total. The van der Waals surface area contributed by atoms with Gasteiger partial charge in [-0.3, -0.25) is 0 Å². The molecule has 3 aromatic rings. The van der Waals surface area contributed by atoms with Crippen LogP contribution >= 0.6 is 11.3 Å². The highest BCUT2D eigenvalue weighted by atomic mass is 32.1. The van der Waals surface area contributed by atoms with Gasteiger partial charge in [0.25, 0.3) is 0 Å². The Kier molecular flexibility index (Phi) is 6.69. The number of aromatic hydroxyl groups is 1. The highest BCUT2D eigenvalue weighted by molar-refractivity contribution is 7.22. The first-order valence-corrected chi connectivity index (χ1v) is 11.3. The fourth-order valence-corrected chi connectivity index (χ4v) is 4.93. The molecular formula is C23H28FN3O2S. The number of rotatable bonds is 8. The lowest BCUT2D eigenvalue weighted by Crippen LogP contribution is -2.43. The lowest BCUT2D eigenvalue weighted by molar-refractivity contribution is 0.201. The van der Waals surface area contributed by atoms with Crippen LogP contribution in [-0.4, -0.2) is 54.3 Å². The smallest absolute Gasteiger partial charge is 0.186 e. The highest BCUT2D eigenvalue weighted by Gasteiger charge is 2.24. The van der Waals surface area contributed by atoms with Crippen LogP contribution in [0, 0.1) is 5.82 Å². The lowest BCUT2D eigenvalue weighted by Gasteiger charge is -2.36. The number of ether oxygens (including phenoxy) is 1. The van der Waals surface area contributed by atoms with E-state index in [1.54, 1.807) is 35.6 Å². The third-order valence-electron chi connectivity index (χ3n) is 5.72. The maximum Gasteiger partial charge on any atom is 0.186 e. The summed E-state index contributed by atoms with van der Waals surface area (Å²) < 4.78 is 19.6. The third-order valence-corrected chi connectivity index (χ3v) is 6.83. The van der Waals surface area contributed by atoms with Gasteiger partial charge in [-0.25, -0.2) is 9.37 Å². The Bertz CT molecular complexity index is 955. The molecule has 0 unspecified atom stereocenters. The van der Waals surface area contributed by atoms with Gasteiger partial charge in [-0.05, 0) is 74.7 Å². The molecule has 1 N–H and O–H groups in total. The number of anilines is 1. The van der Waals surface area contributed by atoms with Crippen molar-refractivity contribution in [2.45, 2.75) is 31.7 Å². The van der Waals surface area contributed by atoms with Crippen LogP contribution in [0.4, 0.5) is 9.52 Å². The Morgan fingerprint density at radius 3 is 2.70 bits per heavy atom. The van der Waals surface area contributed by atoms with Crippen molar-refractivity contribution in [1.82, 2.24) is 9.88 Å². The minimum atomic E-state index is -0.237. The Hall–Kier alpha value is -2.38. The zero-order valence-corrected chi connectivity index (χ0v) is 18.1. The van der Waals surface area contributed by atoms with Crippen molar-refractivity contribution in [2.75, 3.05) is 38.2 Å². The zero-order chi connectivity index (χ0) is 20.9. The standard InChI is InChI=1S/C23H28FN3O2S/c1-26(23-25-21-9-6-19(28)16-22(21)30-23)18-10-13-27(14-11-18)12-2-3-15-29-20-7-4-17(24)5-8-20/h4-9,16,18,28H,2-3,10-15H2,1H3. The predicted molar refractivity (Wildman–Crippen MR) is 120 cm³/mol. The largest absolute Gasteiger partial charge is 0.508 e. The van der Waals surface area contributed by atoms with Gasteiger partial charge in [0.1, 0.15) is 17.3 Å². The van der Waals surface area contributed by atoms with Gasteiger partial charge in [-0.1, -0.05) is 11.3 Å². The van der Waals surface area contributed by atoms with Gasteiger partial charge in [0.05, 0.1) is 16.8 Å². The number of nitrogens with zero attached hydrogens (tertiary/aromatic N) is 3. The molecule has 0 spiro atoms. The van der Waals surface area contributed by atoms with Crippen molar-refractivity contribution >= 4 is 26.7 Å². The van der Waals surface area contributed by atoms with E-state index in [1.807, 2.05) is 6.07 Å². The predicted octanol–water partition coefficient (Wildman–Crippen LogP) is 4.90. The number of aromatic nitrogens is 1. The molecule has 0 radical (unpaired) electrons. The summed E-state index contributed by atoms with van der Waals surface area (Å²) in [6.45, 7) is 3.95. The average molecular weight is 430 g/mol. The maximum absolute atomic E-state index is 12.9. The number of halogens is 1. The van der Waals surface area contributed by atoms with Crippen LogP contribution in [0.2, 0.25) is 0 Å². The molecule has 30 heavy (non-hydrogen) atoms. The van der Waals surface area contributed by atoms with E-state index in [1.165, 1.54) is 12.1 Å². The minimum Gasteiger partial charge on any atom is -0.508 e. The van der Waals surface area contributed by atoms with E-state index < -0.39 is 0 Å². The molecule has 1 fully saturated rings. The number of unbranched alkanes of at least 4 members (excludes halogenated alkanes) is 1. The summed E-state index contributed by atoms with van der Waals surface area (Å²) in [4.78, 5) is 9.56. The fraction of sp³-hybridized carbons (Fsp3) is 0.435. The van der Waals surface area contributed by atoms with E-state index >= 15 is 0 Å². The van der Waals surface area contributed by atoms with Crippen LogP contribution in [0.15, 0.2) is 42.5 Å². The van der Waals surface area contributed by atoms with E-state index in [0.717, 1.165) is 66.4 Å². The molecule has 0 saturated carbocycles. The first kappa shape index (κ1) is 20.9. The van der Waals surface area contributed by atoms with Crippen LogP contribution < -0.4 is 9.64 Å². The van der Waals surface area contributed by atoms with E-state index in [2.05, 4.69) is 16.8 Å². The van der Waals surface area contributed by atoms with Crippen LogP contribution in [-0.2, 0) is 0 Å². The summed E-state index contributed by atoms with van der Waals surface area (Å²) >= 11 is 1.64. The summed E-state index contributed by atoms with van der Waals surface area (Å²) in [5, 5.41) is 10.7. The molecule has 0 aliphatic carbocycles. The van der Waals surface area contributed by atoms with E-state index in [4.69, 9.17) is 9.72 Å². The summed E-state index contributed by atoms with van der Waals surface area (Å²) in [5.74, 6) is 0.779. The normalized spacial score (nSPS) is 15.5. The van der Waals surface area contributed by atoms with E-state index in [-0.39, 0.29) is 11.6 Å². The highest BCUT2D eigenvalue weighted by Crippen LogP contribution is 2.32. The van der Waals surface area contributed by atoms with Gasteiger partial charge in [0.15, 0.2) is 5.13 Å². The number of phenolic OH excluding ortho intramolecular Hbond substituents is 1. The number of hydrogen-bond donors (Lipinski definition) is 1. The lowest BCUT2D eigenvalue weighted by atomic mass is 10.0. The Morgan fingerprint density at radius 1 is 1.17 bits per heavy atom. The first-order valence-electron chi connectivity index (χ1n) is 10.5. The number of fused-ring (bicyclic) bond motifs is 1. The summed E-state index contributed by atoms with van der Waals surface area (Å²) in [7, 11) is 2.13. The molecular weight excluding hydrogens is 401 g/mol. The number of thiazole rings is 1. The topological polar surface area (TPSA) is 48.8 Å². The van der Waals surface area contributed by atoms with Crippen molar-refractivity contribution in [3.63, 3.8) is 0 Å². The Morgan fingerprint density at radius 2 is 1.93 bits per heavy atom. The number of piperidine rings is 1. The molecule has 1 aromatic heterocycles. The average Bonchev–Trinajstić information content (AvgIpc) is 3.18. The minimum absolute atomic E-state index is 0.237. The van der Waals surface area contributed by atoms with Gasteiger partial charge in [-0.15, -0.1) is 0 Å². The first-order chi connectivity index (χ1) is 14.6. The summed E-state index contributed by atoms with van der Waals surface area (Å²) in [6.07, 6.45) is 4.35. The van der Waals surface area contributed by atoms with E-state index in [9.17, 15) is 9.50 Å². The fourth-order valence-electron chi connectivity index (χ4n) is 3.90. The molecule has 0 bridgehead atoms. The van der Waals surface area contributed by atoms with Crippen LogP contribution in [0.25, 0.3) is 10.2 Å². The van der Waals surface area contributed by atoms with Crippen molar-refractivity contribution in [3.05, 3.63) is 48.3 Å². The summed E-state index contributed by atoms with van der Waals surface area (Å²) in [5.41, 5.74) is 0.944. The van der Waals surface area contributed by atoms with Gasteiger partial charge in [0, 0.05) is 26.2 Å². The molecule has 0 atom stereocenters. The Balaban J connectivity index is 1.17. The van der Waals surface area contributed by atoms with Gasteiger partial charge in [0.2, 0.25) is 0 Å². The van der Waals surface area contributed by atoms with Crippen LogP contribution in [0.3, 0.4) is 0 Å². The quantitative estimate of drug-likeness (QED) is 0.516. The molecule has 1 aliphatic heterocycles. The summed E-state index contributed by atoms with van der Waals surface area (Å²) in [6, 6.07) is 12.0. The number of hydrogen-bond acceptors (Lipinski definition) is 6. The number of likely N-dealkylation sites (tertiary alicyclic amines) is 1. The molecule has 1 saturated heterocycles. The van der Waals surface area contributed by atoms with Crippen molar-refractivity contribution < 1.29 is 14.2 Å². The monoisotopic (exact) mass is 429 g/mol. The molecule has 7 heteroatoms. The second kappa shape index (κ2) is 9.62. The number of benzene rings is 2. The van der Waals surface area contributed by atoms with E-state index in [0.29, 0.717) is 12.6 Å². The third kappa shape index (κ3) is 5.21. The van der Waals surface area contributed by atoms with Crippen LogP contribution in [0.5, 0.6) is 11.5 Å². The van der Waals surface area contributed by atoms with Crippen LogP contribution in [0.1, 0.15) is 25.7 Å². The van der Waals surface area contributed by atoms with Gasteiger partial charge < -0.3 is 19.6 Å². The number of phenols is 1.